The van der Waals surface area contributed by atoms with Crippen LogP contribution in [0.5, 0.6) is 0 Å². The molecule has 1 aliphatic carbocycles. The van der Waals surface area contributed by atoms with Crippen molar-refractivity contribution >= 4 is 5.91 Å². The number of carbonyl (C=O) groups is 1. The molecule has 1 fully saturated rings. The highest BCUT2D eigenvalue weighted by molar-refractivity contribution is 5.75. The molecule has 11 heavy (non-hydrogen) atoms. The molecular weight excluding hydrogens is 140 g/mol. The van der Waals surface area contributed by atoms with E-state index in [1.165, 1.54) is 6.42 Å². The van der Waals surface area contributed by atoms with Crippen LogP contribution < -0.4 is 11.1 Å². The van der Waals surface area contributed by atoms with Gasteiger partial charge in [0.25, 0.3) is 0 Å². The Balaban J connectivity index is 2.16. The van der Waals surface area contributed by atoms with Gasteiger partial charge in [0.05, 0.1) is 0 Å². The van der Waals surface area contributed by atoms with Gasteiger partial charge in [0.1, 0.15) is 0 Å². The van der Waals surface area contributed by atoms with Gasteiger partial charge in [0, 0.05) is 18.5 Å². The Hall–Kier alpha value is -0.570. The van der Waals surface area contributed by atoms with Gasteiger partial charge in [-0.3, -0.25) is 4.79 Å². The molecule has 0 aromatic rings. The summed E-state index contributed by atoms with van der Waals surface area (Å²) in [6, 6.07) is 0. The Morgan fingerprint density at radius 3 is 2.64 bits per heavy atom. The first-order chi connectivity index (χ1) is 5.16. The van der Waals surface area contributed by atoms with Gasteiger partial charge < -0.3 is 11.1 Å². The number of hydrogen-bond donors (Lipinski definition) is 2. The second-order valence-electron chi connectivity index (χ2n) is 3.35. The molecule has 1 rings (SSSR count). The highest BCUT2D eigenvalue weighted by atomic mass is 16.1. The van der Waals surface area contributed by atoms with Crippen LogP contribution in [0.15, 0.2) is 0 Å². The van der Waals surface area contributed by atoms with E-state index in [9.17, 15) is 4.79 Å². The summed E-state index contributed by atoms with van der Waals surface area (Å²) in [5, 5.41) is 2.81. The van der Waals surface area contributed by atoms with E-state index in [0.717, 1.165) is 12.8 Å². The fourth-order valence-electron chi connectivity index (χ4n) is 1.21. The first kappa shape index (κ1) is 8.53. The van der Waals surface area contributed by atoms with Crippen molar-refractivity contribution in [3.63, 3.8) is 0 Å². The Morgan fingerprint density at radius 2 is 2.27 bits per heavy atom. The Kier molecular flexibility index (Phi) is 2.49. The Morgan fingerprint density at radius 1 is 1.64 bits per heavy atom. The average Bonchev–Trinajstić information content (AvgIpc) is 1.96. The van der Waals surface area contributed by atoms with Gasteiger partial charge in [-0.25, -0.2) is 0 Å². The van der Waals surface area contributed by atoms with Crippen LogP contribution in [0.25, 0.3) is 0 Å². The average molecular weight is 156 g/mol. The van der Waals surface area contributed by atoms with Gasteiger partial charge in [-0.1, -0.05) is 6.92 Å². The van der Waals surface area contributed by atoms with Gasteiger partial charge in [-0.2, -0.15) is 0 Å². The lowest BCUT2D eigenvalue weighted by Gasteiger charge is -2.38. The summed E-state index contributed by atoms with van der Waals surface area (Å²) in [5.74, 6) is 0.0988. The summed E-state index contributed by atoms with van der Waals surface area (Å²) in [6.45, 7) is 2.50. The molecule has 1 saturated carbocycles. The molecule has 0 radical (unpaired) electrons. The maximum Gasteiger partial charge on any atom is 0.219 e. The van der Waals surface area contributed by atoms with E-state index in [0.29, 0.717) is 13.0 Å². The second kappa shape index (κ2) is 3.22. The lowest BCUT2D eigenvalue weighted by molar-refractivity contribution is -0.121. The smallest absolute Gasteiger partial charge is 0.219 e. The zero-order valence-corrected chi connectivity index (χ0v) is 7.02. The molecule has 0 spiro atoms. The number of hydrogen-bond acceptors (Lipinski definition) is 2. The molecule has 1 amide bonds. The van der Waals surface area contributed by atoms with E-state index in [-0.39, 0.29) is 11.4 Å². The van der Waals surface area contributed by atoms with Crippen LogP contribution in [-0.2, 0) is 4.79 Å². The number of rotatable bonds is 3. The summed E-state index contributed by atoms with van der Waals surface area (Å²) in [4.78, 5) is 10.8. The minimum Gasteiger partial charge on any atom is -0.354 e. The molecule has 1 aliphatic rings. The number of nitrogens with one attached hydrogen (secondary N) is 1. The van der Waals surface area contributed by atoms with Crippen molar-refractivity contribution in [1.82, 2.24) is 5.32 Å². The van der Waals surface area contributed by atoms with E-state index in [4.69, 9.17) is 5.73 Å². The number of amides is 1. The minimum atomic E-state index is -0.0785. The maximum absolute atomic E-state index is 10.8. The predicted molar refractivity (Wildman–Crippen MR) is 44.1 cm³/mol. The van der Waals surface area contributed by atoms with Crippen LogP contribution in [0.3, 0.4) is 0 Å². The third-order valence-electron chi connectivity index (χ3n) is 2.31. The van der Waals surface area contributed by atoms with Crippen LogP contribution in [0.4, 0.5) is 0 Å². The maximum atomic E-state index is 10.8. The van der Waals surface area contributed by atoms with Crippen molar-refractivity contribution < 1.29 is 4.79 Å². The Labute approximate surface area is 67.3 Å². The fraction of sp³-hybridized carbons (Fsp3) is 0.875. The lowest BCUT2D eigenvalue weighted by Crippen LogP contribution is -2.54. The van der Waals surface area contributed by atoms with Crippen LogP contribution >= 0.6 is 0 Å². The molecule has 3 N–H and O–H groups in total. The van der Waals surface area contributed by atoms with Gasteiger partial charge in [-0.05, 0) is 19.3 Å². The van der Waals surface area contributed by atoms with Crippen molar-refractivity contribution in [3.05, 3.63) is 0 Å². The quantitative estimate of drug-likeness (QED) is 0.621. The molecular formula is C8H16N2O. The summed E-state index contributed by atoms with van der Waals surface area (Å²) in [7, 11) is 0. The zero-order valence-electron chi connectivity index (χ0n) is 7.02. The number of nitrogens with two attached hydrogens (primary N) is 1. The first-order valence-corrected chi connectivity index (χ1v) is 4.22. The first-order valence-electron chi connectivity index (χ1n) is 4.22. The fourth-order valence-corrected chi connectivity index (χ4v) is 1.21. The van der Waals surface area contributed by atoms with Crippen molar-refractivity contribution in [1.29, 1.82) is 0 Å². The summed E-state index contributed by atoms with van der Waals surface area (Å²) in [5.41, 5.74) is 5.81. The third-order valence-corrected chi connectivity index (χ3v) is 2.31. The SMILES string of the molecule is CCC(=O)NCC1(N)CCC1. The van der Waals surface area contributed by atoms with Gasteiger partial charge in [-0.15, -0.1) is 0 Å². The van der Waals surface area contributed by atoms with Crippen molar-refractivity contribution in [2.75, 3.05) is 6.54 Å². The largest absolute Gasteiger partial charge is 0.354 e. The molecule has 3 heteroatoms. The van der Waals surface area contributed by atoms with E-state index in [2.05, 4.69) is 5.32 Å². The molecule has 64 valence electrons. The van der Waals surface area contributed by atoms with Crippen molar-refractivity contribution in [3.8, 4) is 0 Å². The van der Waals surface area contributed by atoms with Crippen LogP contribution in [0.2, 0.25) is 0 Å². The van der Waals surface area contributed by atoms with Crippen LogP contribution in [0.1, 0.15) is 32.6 Å². The van der Waals surface area contributed by atoms with E-state index in [1.54, 1.807) is 0 Å². The molecule has 0 heterocycles. The second-order valence-corrected chi connectivity index (χ2v) is 3.35. The summed E-state index contributed by atoms with van der Waals surface area (Å²) >= 11 is 0. The summed E-state index contributed by atoms with van der Waals surface area (Å²) in [6.07, 6.45) is 3.86. The van der Waals surface area contributed by atoms with Gasteiger partial charge in [0.15, 0.2) is 0 Å². The molecule has 3 nitrogen and oxygen atoms in total. The van der Waals surface area contributed by atoms with E-state index in [1.807, 2.05) is 6.92 Å². The molecule has 0 atom stereocenters. The molecule has 0 unspecified atom stereocenters. The molecule has 0 aliphatic heterocycles. The van der Waals surface area contributed by atoms with Crippen LogP contribution in [0, 0.1) is 0 Å². The molecule has 0 bridgehead atoms. The van der Waals surface area contributed by atoms with E-state index >= 15 is 0 Å². The lowest BCUT2D eigenvalue weighted by atomic mass is 9.78. The summed E-state index contributed by atoms with van der Waals surface area (Å²) < 4.78 is 0. The molecule has 0 saturated heterocycles. The zero-order chi connectivity index (χ0) is 8.32. The molecule has 0 aromatic heterocycles. The van der Waals surface area contributed by atoms with Gasteiger partial charge in [0.2, 0.25) is 5.91 Å². The Bertz CT molecular complexity index is 152. The standard InChI is InChI=1S/C8H16N2O/c1-2-7(11)10-6-8(9)4-3-5-8/h2-6,9H2,1H3,(H,10,11). The van der Waals surface area contributed by atoms with E-state index < -0.39 is 0 Å². The van der Waals surface area contributed by atoms with Crippen molar-refractivity contribution in [2.24, 2.45) is 5.73 Å². The van der Waals surface area contributed by atoms with Crippen molar-refractivity contribution in [2.45, 2.75) is 38.1 Å². The highest BCUT2D eigenvalue weighted by Crippen LogP contribution is 2.27. The van der Waals surface area contributed by atoms with Crippen LogP contribution in [-0.4, -0.2) is 18.0 Å². The highest BCUT2D eigenvalue weighted by Gasteiger charge is 2.32. The normalized spacial score (nSPS) is 20.5. The topological polar surface area (TPSA) is 55.1 Å². The minimum absolute atomic E-state index is 0.0785. The molecule has 0 aromatic carbocycles. The monoisotopic (exact) mass is 156 g/mol. The predicted octanol–water partition coefficient (Wildman–Crippen LogP) is 0.394. The number of carbonyl (C=O) groups excluding carboxylic acids is 1. The third kappa shape index (κ3) is 2.19. The van der Waals surface area contributed by atoms with Gasteiger partial charge >= 0.3 is 0 Å².